The number of nitrogens with one attached hydrogen (secondary N) is 2. The maximum Gasteiger partial charge on any atom is 0.410 e. The Morgan fingerprint density at radius 3 is 2.76 bits per heavy atom. The van der Waals surface area contributed by atoms with Crippen molar-refractivity contribution >= 4 is 12.1 Å². The summed E-state index contributed by atoms with van der Waals surface area (Å²) in [5.41, 5.74) is 1.62. The number of rotatable bonds is 4. The minimum absolute atomic E-state index is 0.176. The Morgan fingerprint density at radius 1 is 1.44 bits per heavy atom. The van der Waals surface area contributed by atoms with Gasteiger partial charge in [-0.05, 0) is 46.2 Å². The van der Waals surface area contributed by atoms with Gasteiger partial charge in [0, 0.05) is 25.8 Å². The third kappa shape index (κ3) is 5.92. The van der Waals surface area contributed by atoms with Crippen LogP contribution in [0.3, 0.4) is 0 Å². The number of amides is 1. The first-order valence-electron chi connectivity index (χ1n) is 8.71. The summed E-state index contributed by atoms with van der Waals surface area (Å²) in [7, 11) is 0. The lowest BCUT2D eigenvalue weighted by atomic mass is 10.1. The van der Waals surface area contributed by atoms with Crippen molar-refractivity contribution in [2.75, 3.05) is 19.6 Å². The summed E-state index contributed by atoms with van der Waals surface area (Å²) in [6.45, 7) is 12.2. The summed E-state index contributed by atoms with van der Waals surface area (Å²) in [6.07, 6.45) is 1.51. The number of likely N-dealkylation sites (tertiary alicyclic amines) is 1. The SMILES string of the molecule is CCNC(=NCc1ncccc1C)NC1CN(C(=O)OC(C)(C)C)C1. The largest absolute Gasteiger partial charge is 0.444 e. The van der Waals surface area contributed by atoms with Crippen molar-refractivity contribution in [2.45, 2.75) is 52.8 Å². The molecule has 0 aliphatic carbocycles. The fraction of sp³-hybridized carbons (Fsp3) is 0.611. The molecule has 0 radical (unpaired) electrons. The zero-order valence-corrected chi connectivity index (χ0v) is 15.8. The minimum atomic E-state index is -0.466. The van der Waals surface area contributed by atoms with E-state index in [-0.39, 0.29) is 12.1 Å². The van der Waals surface area contributed by atoms with Gasteiger partial charge in [-0.25, -0.2) is 9.79 Å². The monoisotopic (exact) mass is 347 g/mol. The average molecular weight is 347 g/mol. The zero-order chi connectivity index (χ0) is 18.4. The summed E-state index contributed by atoms with van der Waals surface area (Å²) in [5, 5.41) is 6.58. The second kappa shape index (κ2) is 8.18. The van der Waals surface area contributed by atoms with Crippen molar-refractivity contribution in [1.29, 1.82) is 0 Å². The van der Waals surface area contributed by atoms with Crippen LogP contribution in [-0.2, 0) is 11.3 Å². The summed E-state index contributed by atoms with van der Waals surface area (Å²) in [6, 6.07) is 4.13. The number of guanidine groups is 1. The highest BCUT2D eigenvalue weighted by Gasteiger charge is 2.34. The molecular weight excluding hydrogens is 318 g/mol. The Balaban J connectivity index is 1.86. The van der Waals surface area contributed by atoms with Crippen LogP contribution in [-0.4, -0.2) is 53.2 Å². The predicted molar refractivity (Wildman–Crippen MR) is 98.5 cm³/mol. The Morgan fingerprint density at radius 2 is 2.16 bits per heavy atom. The highest BCUT2D eigenvalue weighted by Crippen LogP contribution is 2.15. The van der Waals surface area contributed by atoms with Gasteiger partial charge in [-0.15, -0.1) is 0 Å². The molecule has 1 amide bonds. The molecule has 1 saturated heterocycles. The van der Waals surface area contributed by atoms with Crippen molar-refractivity contribution in [2.24, 2.45) is 4.99 Å². The number of aryl methyl sites for hydroxylation is 1. The fourth-order valence-corrected chi connectivity index (χ4v) is 2.40. The van der Waals surface area contributed by atoms with Crippen LogP contribution in [0.5, 0.6) is 0 Å². The number of pyridine rings is 1. The lowest BCUT2D eigenvalue weighted by Gasteiger charge is -2.40. The van der Waals surface area contributed by atoms with E-state index in [2.05, 4.69) is 20.6 Å². The maximum atomic E-state index is 12.0. The zero-order valence-electron chi connectivity index (χ0n) is 15.8. The van der Waals surface area contributed by atoms with Gasteiger partial charge >= 0.3 is 6.09 Å². The van der Waals surface area contributed by atoms with Gasteiger partial charge in [0.05, 0.1) is 18.3 Å². The molecule has 1 aromatic heterocycles. The van der Waals surface area contributed by atoms with Crippen molar-refractivity contribution in [3.8, 4) is 0 Å². The number of hydrogen-bond donors (Lipinski definition) is 2. The second-order valence-electron chi connectivity index (χ2n) is 7.19. The van der Waals surface area contributed by atoms with Crippen LogP contribution in [0, 0.1) is 6.92 Å². The number of hydrogen-bond acceptors (Lipinski definition) is 4. The summed E-state index contributed by atoms with van der Waals surface area (Å²) in [5.74, 6) is 0.737. The third-order valence-electron chi connectivity index (χ3n) is 3.72. The molecule has 0 aromatic carbocycles. The van der Waals surface area contributed by atoms with Crippen LogP contribution in [0.4, 0.5) is 4.79 Å². The van der Waals surface area contributed by atoms with E-state index in [1.54, 1.807) is 11.1 Å². The lowest BCUT2D eigenvalue weighted by Crippen LogP contribution is -2.63. The molecule has 1 fully saturated rings. The van der Waals surface area contributed by atoms with Gasteiger partial charge in [-0.3, -0.25) is 4.98 Å². The van der Waals surface area contributed by atoms with Gasteiger partial charge in [-0.1, -0.05) is 6.07 Å². The molecular formula is C18H29N5O2. The van der Waals surface area contributed by atoms with Gasteiger partial charge in [0.1, 0.15) is 5.60 Å². The normalized spacial score (nSPS) is 15.6. The van der Waals surface area contributed by atoms with E-state index in [4.69, 9.17) is 4.74 Å². The molecule has 0 saturated carbocycles. The standard InChI is InChI=1S/C18H29N5O2/c1-6-19-16(21-10-15-13(2)8-7-9-20-15)22-14-11-23(12-14)17(24)25-18(3,4)5/h7-9,14H,6,10-12H2,1-5H3,(H2,19,21,22). The first kappa shape index (κ1) is 19.0. The molecule has 0 spiro atoms. The van der Waals surface area contributed by atoms with E-state index in [0.717, 1.165) is 23.8 Å². The van der Waals surface area contributed by atoms with Gasteiger partial charge < -0.3 is 20.3 Å². The molecule has 1 aliphatic heterocycles. The Kier molecular flexibility index (Phi) is 6.22. The highest BCUT2D eigenvalue weighted by molar-refractivity contribution is 5.80. The van der Waals surface area contributed by atoms with Crippen LogP contribution in [0.15, 0.2) is 23.3 Å². The van der Waals surface area contributed by atoms with E-state index >= 15 is 0 Å². The number of carbonyl (C=O) groups is 1. The lowest BCUT2D eigenvalue weighted by molar-refractivity contribution is 0.00701. The van der Waals surface area contributed by atoms with Crippen LogP contribution >= 0.6 is 0 Å². The molecule has 1 aromatic rings. The second-order valence-corrected chi connectivity index (χ2v) is 7.19. The van der Waals surface area contributed by atoms with Crippen molar-refractivity contribution in [1.82, 2.24) is 20.5 Å². The Hall–Kier alpha value is -2.31. The Labute approximate surface area is 149 Å². The van der Waals surface area contributed by atoms with Crippen LogP contribution in [0.25, 0.3) is 0 Å². The van der Waals surface area contributed by atoms with Gasteiger partial charge in [0.2, 0.25) is 0 Å². The van der Waals surface area contributed by atoms with Crippen LogP contribution < -0.4 is 10.6 Å². The molecule has 2 heterocycles. The molecule has 0 bridgehead atoms. The first-order chi connectivity index (χ1) is 11.8. The van der Waals surface area contributed by atoms with E-state index in [0.29, 0.717) is 19.6 Å². The van der Waals surface area contributed by atoms with Crippen LogP contribution in [0.1, 0.15) is 39.0 Å². The molecule has 7 nitrogen and oxygen atoms in total. The van der Waals surface area contributed by atoms with E-state index < -0.39 is 5.60 Å². The smallest absolute Gasteiger partial charge is 0.410 e. The number of aromatic nitrogens is 1. The van der Waals surface area contributed by atoms with Crippen molar-refractivity contribution < 1.29 is 9.53 Å². The van der Waals surface area contributed by atoms with Gasteiger partial charge in [-0.2, -0.15) is 0 Å². The highest BCUT2D eigenvalue weighted by atomic mass is 16.6. The topological polar surface area (TPSA) is 78.9 Å². The van der Waals surface area contributed by atoms with E-state index in [1.807, 2.05) is 46.8 Å². The average Bonchev–Trinajstić information content (AvgIpc) is 2.47. The number of carbonyl (C=O) groups excluding carboxylic acids is 1. The van der Waals surface area contributed by atoms with Crippen molar-refractivity contribution in [3.63, 3.8) is 0 Å². The first-order valence-corrected chi connectivity index (χ1v) is 8.71. The minimum Gasteiger partial charge on any atom is -0.444 e. The molecule has 2 N–H and O–H groups in total. The van der Waals surface area contributed by atoms with Crippen LogP contribution in [0.2, 0.25) is 0 Å². The Bertz CT molecular complexity index is 618. The molecule has 0 atom stereocenters. The van der Waals surface area contributed by atoms with Gasteiger partial charge in [0.15, 0.2) is 5.96 Å². The van der Waals surface area contributed by atoms with E-state index in [1.165, 1.54) is 0 Å². The fourth-order valence-electron chi connectivity index (χ4n) is 2.40. The summed E-state index contributed by atoms with van der Waals surface area (Å²) in [4.78, 5) is 22.6. The number of aliphatic imine (C=N–C) groups is 1. The third-order valence-corrected chi connectivity index (χ3v) is 3.72. The molecule has 7 heteroatoms. The van der Waals surface area contributed by atoms with E-state index in [9.17, 15) is 4.79 Å². The number of ether oxygens (including phenoxy) is 1. The molecule has 1 aliphatic rings. The van der Waals surface area contributed by atoms with Gasteiger partial charge in [0.25, 0.3) is 0 Å². The molecule has 2 rings (SSSR count). The predicted octanol–water partition coefficient (Wildman–Crippen LogP) is 2.06. The summed E-state index contributed by atoms with van der Waals surface area (Å²) < 4.78 is 5.37. The number of nitrogens with zero attached hydrogens (tertiary/aromatic N) is 3. The maximum absolute atomic E-state index is 12.0. The summed E-state index contributed by atoms with van der Waals surface area (Å²) >= 11 is 0. The quantitative estimate of drug-likeness (QED) is 0.644. The molecule has 0 unspecified atom stereocenters. The van der Waals surface area contributed by atoms with Crippen molar-refractivity contribution in [3.05, 3.63) is 29.6 Å². The molecule has 138 valence electrons. The molecule has 25 heavy (non-hydrogen) atoms.